The number of Topliss-reactive ketones (excluding diaryl/α,β-unsaturated/α-hetero) is 1. The summed E-state index contributed by atoms with van der Waals surface area (Å²) in [6, 6.07) is 5.03. The molecule has 0 aliphatic rings. The average molecular weight is 387 g/mol. The molecule has 0 heterocycles. The number of hydrogen-bond donors (Lipinski definition) is 1. The molecule has 4 nitrogen and oxygen atoms in total. The van der Waals surface area contributed by atoms with Gasteiger partial charge in [0, 0.05) is 9.50 Å². The molecule has 0 spiro atoms. The molecule has 0 saturated heterocycles. The minimum atomic E-state index is -0.775. The van der Waals surface area contributed by atoms with Crippen LogP contribution < -0.4 is 34.9 Å². The average Bonchev–Trinajstić information content (AvgIpc) is 2.33. The molecule has 0 saturated carbocycles. The van der Waals surface area contributed by atoms with Gasteiger partial charge in [0.1, 0.15) is 0 Å². The summed E-state index contributed by atoms with van der Waals surface area (Å²) in [5, 5.41) is 3.27. The van der Waals surface area contributed by atoms with Crippen LogP contribution in [-0.4, -0.2) is 18.9 Å². The molecule has 20 heavy (non-hydrogen) atoms. The molecular weight excluding hydrogens is 377 g/mol. The van der Waals surface area contributed by atoms with E-state index in [1.54, 1.807) is 18.2 Å². The van der Waals surface area contributed by atoms with E-state index in [1.165, 1.54) is 14.0 Å². The summed E-state index contributed by atoms with van der Waals surface area (Å²) in [4.78, 5) is 22.9. The number of anilines is 1. The van der Waals surface area contributed by atoms with E-state index in [2.05, 4.69) is 26.0 Å². The fraction of sp³-hybridized carbons (Fsp3) is 0.167. The van der Waals surface area contributed by atoms with Gasteiger partial charge in [-0.2, -0.15) is 0 Å². The van der Waals surface area contributed by atoms with Gasteiger partial charge < -0.3 is 22.7 Å². The number of halogens is 2. The van der Waals surface area contributed by atoms with E-state index >= 15 is 0 Å². The Balaban J connectivity index is 0.00000361. The number of carbonyl (C=O) groups is 2. The molecule has 0 atom stereocenters. The molecule has 1 aromatic carbocycles. The standard InChI is InChI=1S/C12H11BrClNO3S.Na/c1-6(16)10(12(17)18-2)11(19)15-9-5-7(14)3-4-8(9)13;/h3-5,15,19H,1-2H3;/q;+1/p-1/b11-10+;. The molecule has 0 radical (unpaired) electrons. The van der Waals surface area contributed by atoms with Crippen molar-refractivity contribution >= 4 is 57.6 Å². The Morgan fingerprint density at radius 2 is 2.00 bits per heavy atom. The van der Waals surface area contributed by atoms with Crippen molar-refractivity contribution in [3.8, 4) is 0 Å². The van der Waals surface area contributed by atoms with Crippen LogP contribution >= 0.6 is 27.5 Å². The Bertz CT molecular complexity index is 566. The number of nitrogens with one attached hydrogen (secondary N) is 1. The van der Waals surface area contributed by atoms with Crippen LogP contribution in [0.1, 0.15) is 6.92 Å². The molecule has 1 N–H and O–H groups in total. The third-order valence-electron chi connectivity index (χ3n) is 2.15. The second-order valence-corrected chi connectivity index (χ2v) is 5.20. The number of ketones is 1. The third-order valence-corrected chi connectivity index (χ3v) is 3.38. The fourth-order valence-corrected chi connectivity index (χ4v) is 2.13. The normalized spacial score (nSPS) is 11.0. The van der Waals surface area contributed by atoms with Gasteiger partial charge in [-0.05, 0) is 41.1 Å². The van der Waals surface area contributed by atoms with Crippen molar-refractivity contribution in [3.63, 3.8) is 0 Å². The van der Waals surface area contributed by atoms with Crippen LogP contribution in [0.15, 0.2) is 33.3 Å². The van der Waals surface area contributed by atoms with Gasteiger partial charge in [0.25, 0.3) is 0 Å². The first-order valence-corrected chi connectivity index (χ1v) is 6.67. The van der Waals surface area contributed by atoms with E-state index in [0.717, 1.165) is 0 Å². The summed E-state index contributed by atoms with van der Waals surface area (Å²) in [5.74, 6) is -1.24. The Morgan fingerprint density at radius 1 is 1.40 bits per heavy atom. The van der Waals surface area contributed by atoms with Crippen LogP contribution in [0, 0.1) is 0 Å². The predicted octanol–water partition coefficient (Wildman–Crippen LogP) is 0.0389. The SMILES string of the molecule is COC(=O)/C(C(C)=O)=C(/[S-])Nc1cc(Cl)ccc1Br.[Na+]. The second kappa shape index (κ2) is 9.02. The van der Waals surface area contributed by atoms with Crippen molar-refractivity contribution in [1.82, 2.24) is 0 Å². The van der Waals surface area contributed by atoms with Crippen molar-refractivity contribution in [1.29, 1.82) is 0 Å². The van der Waals surface area contributed by atoms with E-state index < -0.39 is 11.8 Å². The molecule has 8 heteroatoms. The van der Waals surface area contributed by atoms with E-state index in [1.807, 2.05) is 0 Å². The molecule has 0 aliphatic heterocycles. The molecule has 0 bridgehead atoms. The van der Waals surface area contributed by atoms with Crippen LogP contribution in [0.5, 0.6) is 0 Å². The first-order valence-electron chi connectivity index (χ1n) is 5.09. The molecule has 1 rings (SSSR count). The maximum absolute atomic E-state index is 11.5. The van der Waals surface area contributed by atoms with Crippen molar-refractivity contribution in [2.45, 2.75) is 6.92 Å². The van der Waals surface area contributed by atoms with Gasteiger partial charge in [-0.25, -0.2) is 4.79 Å². The van der Waals surface area contributed by atoms with Crippen LogP contribution in [0.3, 0.4) is 0 Å². The Kier molecular flexibility index (Phi) is 8.97. The Morgan fingerprint density at radius 3 is 2.50 bits per heavy atom. The van der Waals surface area contributed by atoms with E-state index in [0.29, 0.717) is 15.2 Å². The monoisotopic (exact) mass is 385 g/mol. The van der Waals surface area contributed by atoms with Gasteiger partial charge in [-0.1, -0.05) is 16.6 Å². The third kappa shape index (κ3) is 5.35. The summed E-state index contributed by atoms with van der Waals surface area (Å²) >= 11 is 14.2. The fourth-order valence-electron chi connectivity index (χ4n) is 1.28. The van der Waals surface area contributed by atoms with Crippen molar-refractivity contribution < 1.29 is 43.9 Å². The number of methoxy groups -OCH3 is 1. The van der Waals surface area contributed by atoms with Gasteiger partial charge >= 0.3 is 35.5 Å². The molecule has 0 amide bonds. The van der Waals surface area contributed by atoms with E-state index in [4.69, 9.17) is 24.2 Å². The zero-order valence-electron chi connectivity index (χ0n) is 11.1. The first-order chi connectivity index (χ1) is 8.86. The number of carbonyl (C=O) groups excluding carboxylic acids is 2. The van der Waals surface area contributed by atoms with Crippen molar-refractivity contribution in [2.75, 3.05) is 12.4 Å². The maximum atomic E-state index is 11.5. The van der Waals surface area contributed by atoms with E-state index in [-0.39, 0.29) is 40.2 Å². The number of hydrogen-bond acceptors (Lipinski definition) is 5. The van der Waals surface area contributed by atoms with Crippen LogP contribution in [0.25, 0.3) is 0 Å². The van der Waals surface area contributed by atoms with Crippen molar-refractivity contribution in [3.05, 3.63) is 38.3 Å². The largest absolute Gasteiger partial charge is 1.00 e. The number of benzene rings is 1. The predicted molar refractivity (Wildman–Crippen MR) is 79.9 cm³/mol. The zero-order valence-corrected chi connectivity index (χ0v) is 16.3. The topological polar surface area (TPSA) is 55.4 Å². The number of esters is 1. The van der Waals surface area contributed by atoms with Crippen LogP contribution in [-0.2, 0) is 27.0 Å². The minimum absolute atomic E-state index is 0. The molecule has 0 aliphatic carbocycles. The molecule has 1 aromatic rings. The first kappa shape index (κ1) is 19.9. The molecule has 0 aromatic heterocycles. The minimum Gasteiger partial charge on any atom is -0.761 e. The maximum Gasteiger partial charge on any atom is 1.00 e. The molecular formula is C12H10BrClNNaO3S. The number of ether oxygens (including phenoxy) is 1. The zero-order chi connectivity index (χ0) is 14.6. The summed E-state index contributed by atoms with van der Waals surface area (Å²) < 4.78 is 5.23. The van der Waals surface area contributed by atoms with Gasteiger partial charge in [-0.15, -0.1) is 0 Å². The number of rotatable bonds is 4. The van der Waals surface area contributed by atoms with E-state index in [9.17, 15) is 9.59 Å². The summed E-state index contributed by atoms with van der Waals surface area (Å²) in [6.45, 7) is 1.24. The van der Waals surface area contributed by atoms with Crippen LogP contribution in [0.2, 0.25) is 5.02 Å². The summed E-state index contributed by atoms with van der Waals surface area (Å²) in [6.07, 6.45) is 0. The second-order valence-electron chi connectivity index (χ2n) is 3.50. The Hall–Kier alpha value is -0.110. The van der Waals surface area contributed by atoms with Gasteiger partial charge in [-0.3, -0.25) is 4.79 Å². The van der Waals surface area contributed by atoms with Crippen LogP contribution in [0.4, 0.5) is 5.69 Å². The quantitative estimate of drug-likeness (QED) is 0.198. The summed E-state index contributed by atoms with van der Waals surface area (Å²) in [7, 11) is 1.18. The molecule has 102 valence electrons. The smallest absolute Gasteiger partial charge is 0.761 e. The summed E-state index contributed by atoms with van der Waals surface area (Å²) in [5.41, 5.74) is 0.351. The molecule has 0 unspecified atom stereocenters. The van der Waals surface area contributed by atoms with Gasteiger partial charge in [0.2, 0.25) is 0 Å². The van der Waals surface area contributed by atoms with Gasteiger partial charge in [0.05, 0.1) is 18.4 Å². The Labute approximate surface area is 158 Å². The van der Waals surface area contributed by atoms with Gasteiger partial charge in [0.15, 0.2) is 5.78 Å². The molecule has 0 fully saturated rings. The van der Waals surface area contributed by atoms with Crippen molar-refractivity contribution in [2.24, 2.45) is 0 Å².